The van der Waals surface area contributed by atoms with E-state index in [1.807, 2.05) is 0 Å². The van der Waals surface area contributed by atoms with Crippen molar-refractivity contribution in [1.82, 2.24) is 15.1 Å². The van der Waals surface area contributed by atoms with Crippen LogP contribution < -0.4 is 10.1 Å². The number of aliphatic hydroxyl groups excluding tert-OH is 1. The number of hydrogen-bond donors (Lipinski definition) is 2. The number of methoxy groups -OCH3 is 1. The van der Waals surface area contributed by atoms with Gasteiger partial charge in [-0.25, -0.2) is 0 Å². The third-order valence-electron chi connectivity index (χ3n) is 6.03. The van der Waals surface area contributed by atoms with E-state index in [0.29, 0.717) is 40.0 Å². The summed E-state index contributed by atoms with van der Waals surface area (Å²) in [6.45, 7) is 4.46. The summed E-state index contributed by atoms with van der Waals surface area (Å²) in [4.78, 5) is 30.0. The average Bonchev–Trinajstić information content (AvgIpc) is 3.09. The van der Waals surface area contributed by atoms with Crippen LogP contribution >= 0.6 is 23.2 Å². The fourth-order valence-electron chi connectivity index (χ4n) is 4.23. The minimum absolute atomic E-state index is 0.0314. The van der Waals surface area contributed by atoms with Gasteiger partial charge in [-0.3, -0.25) is 14.5 Å². The number of aliphatic hydroxyl groups is 1. The number of nitrogens with zero attached hydrogens (tertiary/aromatic N) is 2. The van der Waals surface area contributed by atoms with Crippen LogP contribution in [-0.4, -0.2) is 73.0 Å². The maximum absolute atomic E-state index is 13.1. The number of carbonyl (C=O) groups is 2. The summed E-state index contributed by atoms with van der Waals surface area (Å²) in [5.74, 6) is -0.989. The third-order valence-corrected chi connectivity index (χ3v) is 6.77. The van der Waals surface area contributed by atoms with E-state index in [9.17, 15) is 14.7 Å². The van der Waals surface area contributed by atoms with Crippen LogP contribution in [0.2, 0.25) is 10.0 Å². The molecule has 9 heteroatoms. The lowest BCUT2D eigenvalue weighted by molar-refractivity contribution is -0.140. The van der Waals surface area contributed by atoms with Crippen LogP contribution in [-0.2, 0) is 9.59 Å². The molecule has 2 fully saturated rings. The highest BCUT2D eigenvalue weighted by atomic mass is 35.5. The largest absolute Gasteiger partial charge is 0.507 e. The van der Waals surface area contributed by atoms with Crippen molar-refractivity contribution in [3.05, 3.63) is 69.2 Å². The summed E-state index contributed by atoms with van der Waals surface area (Å²) in [6, 6.07) is 10.9. The average molecular weight is 490 g/mol. The molecule has 2 aromatic rings. The van der Waals surface area contributed by atoms with Crippen LogP contribution in [0.25, 0.3) is 5.76 Å². The van der Waals surface area contributed by atoms with Gasteiger partial charge in [0.1, 0.15) is 11.5 Å². The minimum atomic E-state index is -0.773. The molecule has 1 unspecified atom stereocenters. The zero-order valence-corrected chi connectivity index (χ0v) is 19.7. The van der Waals surface area contributed by atoms with Crippen molar-refractivity contribution in [2.45, 2.75) is 6.04 Å². The van der Waals surface area contributed by atoms with E-state index in [0.717, 1.165) is 26.2 Å². The van der Waals surface area contributed by atoms with E-state index in [4.69, 9.17) is 27.9 Å². The van der Waals surface area contributed by atoms with Crippen LogP contribution in [0.3, 0.4) is 0 Å². The number of rotatable bonds is 6. The maximum Gasteiger partial charge on any atom is 0.295 e. The number of ketones is 1. The Labute approximate surface area is 202 Å². The second-order valence-corrected chi connectivity index (χ2v) is 8.80. The van der Waals surface area contributed by atoms with Crippen molar-refractivity contribution >= 4 is 40.7 Å². The van der Waals surface area contributed by atoms with Crippen LogP contribution in [0.4, 0.5) is 0 Å². The number of hydrogen-bond acceptors (Lipinski definition) is 6. The summed E-state index contributed by atoms with van der Waals surface area (Å²) < 4.78 is 5.17. The molecule has 2 saturated heterocycles. The Bertz CT molecular complexity index is 1080. The Morgan fingerprint density at radius 3 is 2.39 bits per heavy atom. The van der Waals surface area contributed by atoms with Gasteiger partial charge in [0.15, 0.2) is 0 Å². The van der Waals surface area contributed by atoms with Gasteiger partial charge in [0.05, 0.1) is 28.8 Å². The predicted octanol–water partition coefficient (Wildman–Crippen LogP) is 3.33. The topological polar surface area (TPSA) is 82.1 Å². The van der Waals surface area contributed by atoms with Gasteiger partial charge in [-0.2, -0.15) is 0 Å². The van der Waals surface area contributed by atoms with Gasteiger partial charge in [0.2, 0.25) is 0 Å². The summed E-state index contributed by atoms with van der Waals surface area (Å²) in [7, 11) is 1.54. The molecule has 2 aromatic carbocycles. The Morgan fingerprint density at radius 2 is 1.76 bits per heavy atom. The molecule has 1 amide bonds. The second kappa shape index (κ2) is 10.1. The summed E-state index contributed by atoms with van der Waals surface area (Å²) in [5.41, 5.74) is 1.06. The molecule has 2 aliphatic rings. The molecule has 2 heterocycles. The Kier molecular flexibility index (Phi) is 7.24. The highest BCUT2D eigenvalue weighted by Gasteiger charge is 2.46. The van der Waals surface area contributed by atoms with E-state index in [-0.39, 0.29) is 11.3 Å². The van der Waals surface area contributed by atoms with Gasteiger partial charge in [0, 0.05) is 44.8 Å². The molecule has 0 radical (unpaired) electrons. The monoisotopic (exact) mass is 489 g/mol. The molecule has 0 spiro atoms. The number of Topliss-reactive ketones (excluding diaryl/α,β-unsaturated/α-hetero) is 1. The first-order chi connectivity index (χ1) is 15.9. The van der Waals surface area contributed by atoms with Crippen LogP contribution in [0.15, 0.2) is 48.0 Å². The molecule has 0 saturated carbocycles. The summed E-state index contributed by atoms with van der Waals surface area (Å²) in [5, 5.41) is 15.1. The van der Waals surface area contributed by atoms with Crippen molar-refractivity contribution in [1.29, 1.82) is 0 Å². The van der Waals surface area contributed by atoms with E-state index in [2.05, 4.69) is 10.2 Å². The molecule has 7 nitrogen and oxygen atoms in total. The molecule has 33 heavy (non-hydrogen) atoms. The molecule has 0 bridgehead atoms. The zero-order valence-electron chi connectivity index (χ0n) is 18.2. The Hall–Kier alpha value is -2.58. The fourth-order valence-corrected chi connectivity index (χ4v) is 4.53. The van der Waals surface area contributed by atoms with Crippen molar-refractivity contribution in [3.8, 4) is 5.75 Å². The third kappa shape index (κ3) is 4.87. The van der Waals surface area contributed by atoms with Crippen LogP contribution in [0, 0.1) is 0 Å². The molecule has 174 valence electrons. The van der Waals surface area contributed by atoms with Gasteiger partial charge in [-0.1, -0.05) is 29.3 Å². The van der Waals surface area contributed by atoms with Crippen molar-refractivity contribution < 1.29 is 19.4 Å². The van der Waals surface area contributed by atoms with Crippen molar-refractivity contribution in [3.63, 3.8) is 0 Å². The predicted molar refractivity (Wildman–Crippen MR) is 128 cm³/mol. The first kappa shape index (κ1) is 23.6. The molecular formula is C24H25Cl2N3O4. The molecule has 0 aromatic heterocycles. The number of carbonyl (C=O) groups excluding carboxylic acids is 2. The number of piperazine rings is 1. The van der Waals surface area contributed by atoms with Gasteiger partial charge in [-0.15, -0.1) is 0 Å². The second-order valence-electron chi connectivity index (χ2n) is 7.99. The Morgan fingerprint density at radius 1 is 1.06 bits per heavy atom. The van der Waals surface area contributed by atoms with Gasteiger partial charge < -0.3 is 20.1 Å². The first-order valence-electron chi connectivity index (χ1n) is 10.7. The van der Waals surface area contributed by atoms with Crippen molar-refractivity contribution in [2.75, 3.05) is 46.4 Å². The normalized spacial score (nSPS) is 20.9. The van der Waals surface area contributed by atoms with Gasteiger partial charge >= 0.3 is 0 Å². The summed E-state index contributed by atoms with van der Waals surface area (Å²) in [6.07, 6.45) is 0. The fraction of sp³-hybridized carbons (Fsp3) is 0.333. The number of benzene rings is 2. The van der Waals surface area contributed by atoms with Crippen LogP contribution in [0.1, 0.15) is 17.2 Å². The quantitative estimate of drug-likeness (QED) is 0.368. The van der Waals surface area contributed by atoms with Gasteiger partial charge in [0.25, 0.3) is 11.7 Å². The minimum Gasteiger partial charge on any atom is -0.507 e. The van der Waals surface area contributed by atoms with E-state index < -0.39 is 17.7 Å². The maximum atomic E-state index is 13.1. The van der Waals surface area contributed by atoms with Crippen LogP contribution in [0.5, 0.6) is 5.75 Å². The number of likely N-dealkylation sites (tertiary alicyclic amines) is 1. The number of halogens is 2. The Balaban J connectivity index is 1.74. The van der Waals surface area contributed by atoms with E-state index in [1.165, 1.54) is 4.90 Å². The number of amides is 1. The first-order valence-corrected chi connectivity index (χ1v) is 11.5. The van der Waals surface area contributed by atoms with E-state index in [1.54, 1.807) is 49.6 Å². The molecule has 2 N–H and O–H groups in total. The highest BCUT2D eigenvalue weighted by molar-refractivity contribution is 6.46. The van der Waals surface area contributed by atoms with E-state index >= 15 is 0 Å². The highest BCUT2D eigenvalue weighted by Crippen LogP contribution is 2.41. The number of nitrogens with one attached hydrogen (secondary N) is 1. The molecule has 4 rings (SSSR count). The SMILES string of the molecule is COc1ccc(/C(O)=C2\C(=O)C(=O)N(CCN3CCNCC3)C2c2ccc(Cl)c(Cl)c2)cc1. The smallest absolute Gasteiger partial charge is 0.295 e. The summed E-state index contributed by atoms with van der Waals surface area (Å²) >= 11 is 12.4. The lowest BCUT2D eigenvalue weighted by Gasteiger charge is -2.31. The lowest BCUT2D eigenvalue weighted by Crippen LogP contribution is -2.46. The molecule has 1 atom stereocenters. The molecule has 2 aliphatic heterocycles. The van der Waals surface area contributed by atoms with Crippen molar-refractivity contribution in [2.24, 2.45) is 0 Å². The lowest BCUT2D eigenvalue weighted by atomic mass is 9.95. The van der Waals surface area contributed by atoms with Gasteiger partial charge in [-0.05, 0) is 42.0 Å². The molecule has 0 aliphatic carbocycles. The zero-order chi connectivity index (χ0) is 23.5. The number of ether oxygens (including phenoxy) is 1. The standard InChI is InChI=1S/C24H25Cl2N3O4/c1-33-17-5-2-15(3-6-17)22(30)20-21(16-4-7-18(25)19(26)14-16)29(24(32)23(20)31)13-12-28-10-8-27-9-11-28/h2-7,14,21,27,30H,8-13H2,1H3/b22-20+. The molecular weight excluding hydrogens is 465 g/mol.